The quantitative estimate of drug-likeness (QED) is 0.604. The number of aromatic nitrogens is 1. The van der Waals surface area contributed by atoms with Gasteiger partial charge in [0.05, 0.1) is 38.5 Å². The molecule has 4 rings (SSSR count). The number of aromatic amines is 1. The van der Waals surface area contributed by atoms with Gasteiger partial charge in [0.25, 0.3) is 0 Å². The summed E-state index contributed by atoms with van der Waals surface area (Å²) in [5.74, 6) is -0.207. The fourth-order valence-electron chi connectivity index (χ4n) is 4.19. The highest BCUT2D eigenvalue weighted by atomic mass is 16.5. The molecule has 0 radical (unpaired) electrons. The van der Waals surface area contributed by atoms with Crippen molar-refractivity contribution in [3.63, 3.8) is 0 Å². The predicted molar refractivity (Wildman–Crippen MR) is 117 cm³/mol. The molecule has 0 saturated heterocycles. The summed E-state index contributed by atoms with van der Waals surface area (Å²) in [4.78, 5) is 29.1. The molecule has 0 spiro atoms. The molecule has 31 heavy (non-hydrogen) atoms. The van der Waals surface area contributed by atoms with Crippen molar-refractivity contribution in [1.29, 1.82) is 0 Å². The van der Waals surface area contributed by atoms with Crippen LogP contribution in [0.1, 0.15) is 38.7 Å². The molecule has 0 saturated carbocycles. The number of carbonyl (C=O) groups excluding carboxylic acids is 2. The number of methoxy groups -OCH3 is 3. The Morgan fingerprint density at radius 1 is 0.968 bits per heavy atom. The standard InChI is InChI=1S/C24H24N2O5/c1-12-6-8-16-15(10-12)20(23(27)26-16)21-19(24(28)31-5)13(2)25-22(21)14-7-9-17(29-3)18(11-14)30-4/h6-11,20,25H,1-5H3,(H,26,27)/t20-/m0/s1. The Balaban J connectivity index is 1.99. The molecule has 2 N–H and O–H groups in total. The number of rotatable bonds is 5. The number of amides is 1. The lowest BCUT2D eigenvalue weighted by atomic mass is 9.87. The number of esters is 1. The first-order chi connectivity index (χ1) is 14.9. The van der Waals surface area contributed by atoms with E-state index in [1.165, 1.54) is 7.11 Å². The van der Waals surface area contributed by atoms with Crippen LogP contribution in [0.15, 0.2) is 36.4 Å². The van der Waals surface area contributed by atoms with E-state index >= 15 is 0 Å². The average molecular weight is 420 g/mol. The number of aryl methyl sites for hydroxylation is 2. The highest BCUT2D eigenvalue weighted by molar-refractivity contribution is 6.08. The third kappa shape index (κ3) is 3.32. The molecule has 1 atom stereocenters. The fourth-order valence-corrected chi connectivity index (χ4v) is 4.19. The second kappa shape index (κ2) is 7.83. The van der Waals surface area contributed by atoms with Crippen LogP contribution < -0.4 is 14.8 Å². The highest BCUT2D eigenvalue weighted by Gasteiger charge is 2.38. The van der Waals surface area contributed by atoms with Crippen LogP contribution >= 0.6 is 0 Å². The zero-order chi connectivity index (χ0) is 22.3. The molecule has 1 aliphatic heterocycles. The maximum Gasteiger partial charge on any atom is 0.340 e. The lowest BCUT2D eigenvalue weighted by Gasteiger charge is -2.15. The van der Waals surface area contributed by atoms with Crippen molar-refractivity contribution in [1.82, 2.24) is 4.98 Å². The summed E-state index contributed by atoms with van der Waals surface area (Å²) in [7, 11) is 4.46. The summed E-state index contributed by atoms with van der Waals surface area (Å²) in [6.45, 7) is 3.77. The summed E-state index contributed by atoms with van der Waals surface area (Å²) in [5.41, 5.74) is 5.60. The molecule has 2 heterocycles. The summed E-state index contributed by atoms with van der Waals surface area (Å²) in [6.07, 6.45) is 0. The van der Waals surface area contributed by atoms with Gasteiger partial charge in [-0.1, -0.05) is 17.7 Å². The first-order valence-electron chi connectivity index (χ1n) is 9.84. The van der Waals surface area contributed by atoms with Crippen molar-refractivity contribution >= 4 is 17.6 Å². The summed E-state index contributed by atoms with van der Waals surface area (Å²) < 4.78 is 15.9. The Labute approximate surface area is 180 Å². The minimum Gasteiger partial charge on any atom is -0.493 e. The van der Waals surface area contributed by atoms with E-state index in [4.69, 9.17) is 14.2 Å². The molecular weight excluding hydrogens is 396 g/mol. The van der Waals surface area contributed by atoms with Gasteiger partial charge in [0, 0.05) is 22.5 Å². The van der Waals surface area contributed by atoms with Crippen LogP contribution in [0.2, 0.25) is 0 Å². The molecule has 2 aromatic carbocycles. The first-order valence-corrected chi connectivity index (χ1v) is 9.84. The Morgan fingerprint density at radius 2 is 1.71 bits per heavy atom. The third-order valence-corrected chi connectivity index (χ3v) is 5.61. The normalized spacial score (nSPS) is 14.7. The van der Waals surface area contributed by atoms with E-state index < -0.39 is 11.9 Å². The summed E-state index contributed by atoms with van der Waals surface area (Å²) >= 11 is 0. The monoisotopic (exact) mass is 420 g/mol. The zero-order valence-corrected chi connectivity index (χ0v) is 18.1. The molecule has 1 aromatic heterocycles. The van der Waals surface area contributed by atoms with Crippen molar-refractivity contribution in [2.75, 3.05) is 26.6 Å². The molecule has 7 heteroatoms. The van der Waals surface area contributed by atoms with Gasteiger partial charge in [0.2, 0.25) is 5.91 Å². The summed E-state index contributed by atoms with van der Waals surface area (Å²) in [5, 5.41) is 2.94. The Hall–Kier alpha value is -3.74. The second-order valence-electron chi connectivity index (χ2n) is 7.49. The van der Waals surface area contributed by atoms with Gasteiger partial charge >= 0.3 is 5.97 Å². The van der Waals surface area contributed by atoms with Gasteiger partial charge in [-0.2, -0.15) is 0 Å². The van der Waals surface area contributed by atoms with Crippen molar-refractivity contribution in [3.8, 4) is 22.8 Å². The van der Waals surface area contributed by atoms with E-state index in [1.807, 2.05) is 37.3 Å². The van der Waals surface area contributed by atoms with Crippen LogP contribution in [0.4, 0.5) is 5.69 Å². The van der Waals surface area contributed by atoms with Crippen molar-refractivity contribution in [3.05, 3.63) is 64.3 Å². The lowest BCUT2D eigenvalue weighted by Crippen LogP contribution is -2.17. The number of hydrogen-bond donors (Lipinski definition) is 2. The zero-order valence-electron chi connectivity index (χ0n) is 18.1. The van der Waals surface area contributed by atoms with Crippen molar-refractivity contribution in [2.24, 2.45) is 0 Å². The van der Waals surface area contributed by atoms with E-state index in [0.29, 0.717) is 34.0 Å². The molecule has 160 valence electrons. The van der Waals surface area contributed by atoms with E-state index in [-0.39, 0.29) is 5.91 Å². The number of hydrogen-bond acceptors (Lipinski definition) is 5. The van der Waals surface area contributed by atoms with Crippen molar-refractivity contribution in [2.45, 2.75) is 19.8 Å². The minimum absolute atomic E-state index is 0.188. The number of H-pyrrole nitrogens is 1. The van der Waals surface area contributed by atoms with Gasteiger partial charge in [-0.05, 0) is 43.7 Å². The molecule has 0 fully saturated rings. The third-order valence-electron chi connectivity index (χ3n) is 5.61. The number of carbonyl (C=O) groups is 2. The van der Waals surface area contributed by atoms with Crippen LogP contribution in [-0.2, 0) is 9.53 Å². The van der Waals surface area contributed by atoms with Crippen LogP contribution in [0.25, 0.3) is 11.3 Å². The fraction of sp³-hybridized carbons (Fsp3) is 0.250. The highest BCUT2D eigenvalue weighted by Crippen LogP contribution is 2.45. The van der Waals surface area contributed by atoms with Gasteiger partial charge in [0.15, 0.2) is 11.5 Å². The molecule has 1 amide bonds. The second-order valence-corrected chi connectivity index (χ2v) is 7.49. The van der Waals surface area contributed by atoms with Gasteiger partial charge in [-0.3, -0.25) is 4.79 Å². The van der Waals surface area contributed by atoms with Crippen LogP contribution in [0, 0.1) is 13.8 Å². The van der Waals surface area contributed by atoms with Gasteiger partial charge in [-0.25, -0.2) is 4.79 Å². The number of fused-ring (bicyclic) bond motifs is 1. The molecule has 0 unspecified atom stereocenters. The first kappa shape index (κ1) is 20.5. The van der Waals surface area contributed by atoms with Crippen LogP contribution in [0.3, 0.4) is 0 Å². The minimum atomic E-state index is -0.656. The van der Waals surface area contributed by atoms with Crippen molar-refractivity contribution < 1.29 is 23.8 Å². The Kier molecular flexibility index (Phi) is 5.19. The maximum atomic E-state index is 13.1. The maximum absolute atomic E-state index is 13.1. The molecule has 0 aliphatic carbocycles. The number of benzene rings is 2. The van der Waals surface area contributed by atoms with E-state index in [0.717, 1.165) is 22.4 Å². The number of anilines is 1. The smallest absolute Gasteiger partial charge is 0.340 e. The van der Waals surface area contributed by atoms with Gasteiger partial charge in [-0.15, -0.1) is 0 Å². The number of nitrogens with one attached hydrogen (secondary N) is 2. The van der Waals surface area contributed by atoms with Gasteiger partial charge < -0.3 is 24.5 Å². The largest absolute Gasteiger partial charge is 0.493 e. The lowest BCUT2D eigenvalue weighted by molar-refractivity contribution is -0.116. The molecular formula is C24H24N2O5. The van der Waals surface area contributed by atoms with Gasteiger partial charge in [0.1, 0.15) is 0 Å². The Bertz CT molecular complexity index is 1190. The SMILES string of the molecule is COC(=O)c1c(C)[nH]c(-c2ccc(OC)c(OC)c2)c1[C@H]1C(=O)Nc2ccc(C)cc21. The number of ether oxygens (including phenoxy) is 3. The van der Waals surface area contributed by atoms with Crippen LogP contribution in [0.5, 0.6) is 11.5 Å². The molecule has 7 nitrogen and oxygen atoms in total. The van der Waals surface area contributed by atoms with E-state index in [9.17, 15) is 9.59 Å². The Morgan fingerprint density at radius 3 is 2.39 bits per heavy atom. The average Bonchev–Trinajstić information content (AvgIpc) is 3.27. The summed E-state index contributed by atoms with van der Waals surface area (Å²) in [6, 6.07) is 11.3. The van der Waals surface area contributed by atoms with E-state index in [2.05, 4.69) is 10.3 Å². The molecule has 1 aliphatic rings. The predicted octanol–water partition coefficient (Wildman–Crippen LogP) is 4.19. The van der Waals surface area contributed by atoms with Crippen LogP contribution in [-0.4, -0.2) is 38.2 Å². The van der Waals surface area contributed by atoms with E-state index in [1.54, 1.807) is 27.2 Å². The topological polar surface area (TPSA) is 89.7 Å². The molecule has 0 bridgehead atoms. The molecule has 3 aromatic rings.